The number of nitrogens with zero attached hydrogens (tertiary/aromatic N) is 4. The number of thiazole rings is 1. The van der Waals surface area contributed by atoms with Crippen LogP contribution in [0.1, 0.15) is 30.5 Å². The Kier molecular flexibility index (Phi) is 7.29. The number of aromatic nitrogens is 5. The van der Waals surface area contributed by atoms with Gasteiger partial charge < -0.3 is 14.8 Å². The quantitative estimate of drug-likeness (QED) is 0.217. The minimum Gasteiger partial charge on any atom is -0.491 e. The van der Waals surface area contributed by atoms with Crippen molar-refractivity contribution in [2.75, 3.05) is 11.9 Å². The summed E-state index contributed by atoms with van der Waals surface area (Å²) in [5, 5.41) is 12.7. The first kappa shape index (κ1) is 24.7. The predicted octanol–water partition coefficient (Wildman–Crippen LogP) is 6.12. The highest BCUT2D eigenvalue weighted by atomic mass is 35.5. The average molecular weight is 535 g/mol. The first-order valence-electron chi connectivity index (χ1n) is 11.5. The number of hydrogen-bond donors (Lipinski definition) is 2. The molecule has 1 aromatic carbocycles. The number of carbonyl (C=O) groups is 1. The number of nitrogens with one attached hydrogen (secondary N) is 2. The van der Waals surface area contributed by atoms with Crippen molar-refractivity contribution in [1.82, 2.24) is 25.1 Å². The molecule has 0 aliphatic heterocycles. The molecule has 1 atom stereocenters. The fourth-order valence-electron chi connectivity index (χ4n) is 3.79. The standard InChI is InChI=1S/C26H23ClN6O3S/c1-15(36-16(2)34)22-14-30-26(37-22)31-25-19-12-17(23-20(27)7-5-10-29-23)13-21(24(19)32-33-25)35-11-8-18-6-3-4-9-28-18/h3-7,9-10,12-15H,8,11H2,1-2H3,(H2,30,31,32,33). The molecule has 0 spiro atoms. The molecule has 2 N–H and O–H groups in total. The van der Waals surface area contributed by atoms with E-state index in [0.29, 0.717) is 40.4 Å². The number of fused-ring (bicyclic) bond motifs is 1. The summed E-state index contributed by atoms with van der Waals surface area (Å²) in [4.78, 5) is 25.4. The molecular weight excluding hydrogens is 512 g/mol. The molecule has 9 nitrogen and oxygen atoms in total. The van der Waals surface area contributed by atoms with Gasteiger partial charge in [-0.1, -0.05) is 29.0 Å². The lowest BCUT2D eigenvalue weighted by Crippen LogP contribution is -2.03. The van der Waals surface area contributed by atoms with Crippen LogP contribution in [0, 0.1) is 0 Å². The summed E-state index contributed by atoms with van der Waals surface area (Å²) in [7, 11) is 0. The van der Waals surface area contributed by atoms with Gasteiger partial charge >= 0.3 is 5.97 Å². The highest BCUT2D eigenvalue weighted by Gasteiger charge is 2.18. The Balaban J connectivity index is 1.47. The number of halogens is 1. The molecule has 4 aromatic heterocycles. The number of rotatable bonds is 9. The normalized spacial score (nSPS) is 11.9. The van der Waals surface area contributed by atoms with E-state index in [1.807, 2.05) is 30.3 Å². The molecule has 188 valence electrons. The number of esters is 1. The summed E-state index contributed by atoms with van der Waals surface area (Å²) in [5.41, 5.74) is 3.10. The Hall–Kier alpha value is -4.02. The zero-order valence-electron chi connectivity index (χ0n) is 20.1. The number of carbonyl (C=O) groups excluding carboxylic acids is 1. The number of hydrogen-bond acceptors (Lipinski definition) is 9. The molecule has 0 saturated carbocycles. The van der Waals surface area contributed by atoms with Crippen LogP contribution in [-0.2, 0) is 16.0 Å². The maximum Gasteiger partial charge on any atom is 0.303 e. The number of pyridine rings is 2. The summed E-state index contributed by atoms with van der Waals surface area (Å²) in [6.07, 6.45) is 5.40. The fraction of sp³-hybridized carbons (Fsp3) is 0.192. The third-order valence-electron chi connectivity index (χ3n) is 5.50. The fourth-order valence-corrected chi connectivity index (χ4v) is 4.81. The summed E-state index contributed by atoms with van der Waals surface area (Å²) in [6, 6.07) is 13.2. The van der Waals surface area contributed by atoms with Crippen LogP contribution in [0.4, 0.5) is 10.9 Å². The predicted molar refractivity (Wildman–Crippen MR) is 143 cm³/mol. The molecule has 11 heteroatoms. The molecule has 0 fully saturated rings. The molecule has 1 unspecified atom stereocenters. The highest BCUT2D eigenvalue weighted by Crippen LogP contribution is 2.38. The molecule has 0 radical (unpaired) electrons. The molecule has 0 amide bonds. The van der Waals surface area contributed by atoms with Crippen LogP contribution in [0.5, 0.6) is 5.75 Å². The molecular formula is C26H23ClN6O3S. The number of H-pyrrole nitrogens is 1. The van der Waals surface area contributed by atoms with Crippen LogP contribution in [0.3, 0.4) is 0 Å². The van der Waals surface area contributed by atoms with Crippen LogP contribution >= 0.6 is 22.9 Å². The third kappa shape index (κ3) is 5.71. The summed E-state index contributed by atoms with van der Waals surface area (Å²) in [5.74, 6) is 0.846. The Morgan fingerprint density at radius 1 is 1.16 bits per heavy atom. The zero-order valence-corrected chi connectivity index (χ0v) is 21.6. The Labute approximate surface area is 221 Å². The minimum absolute atomic E-state index is 0.343. The van der Waals surface area contributed by atoms with Crippen molar-refractivity contribution in [3.63, 3.8) is 0 Å². The Bertz CT molecular complexity index is 1540. The van der Waals surface area contributed by atoms with Crippen molar-refractivity contribution >= 4 is 50.8 Å². The Morgan fingerprint density at radius 3 is 2.81 bits per heavy atom. The van der Waals surface area contributed by atoms with Crippen LogP contribution < -0.4 is 10.1 Å². The lowest BCUT2D eigenvalue weighted by atomic mass is 10.1. The maximum absolute atomic E-state index is 11.3. The summed E-state index contributed by atoms with van der Waals surface area (Å²) < 4.78 is 11.4. The zero-order chi connectivity index (χ0) is 25.8. The average Bonchev–Trinajstić information content (AvgIpc) is 3.52. The van der Waals surface area contributed by atoms with E-state index in [9.17, 15) is 4.79 Å². The second-order valence-corrected chi connectivity index (χ2v) is 9.64. The van der Waals surface area contributed by atoms with Gasteiger partial charge in [0, 0.05) is 48.6 Å². The molecule has 37 heavy (non-hydrogen) atoms. The second kappa shape index (κ2) is 10.9. The van der Waals surface area contributed by atoms with Crippen LogP contribution in [-0.4, -0.2) is 37.7 Å². The van der Waals surface area contributed by atoms with Gasteiger partial charge in [-0.25, -0.2) is 4.98 Å². The third-order valence-corrected chi connectivity index (χ3v) is 6.88. The molecule has 5 rings (SSSR count). The van der Waals surface area contributed by atoms with E-state index in [2.05, 4.69) is 30.5 Å². The Morgan fingerprint density at radius 2 is 2.03 bits per heavy atom. The molecule has 5 aromatic rings. The van der Waals surface area contributed by atoms with E-state index >= 15 is 0 Å². The van der Waals surface area contributed by atoms with Gasteiger partial charge in [-0.05, 0) is 43.3 Å². The maximum atomic E-state index is 11.3. The van der Waals surface area contributed by atoms with Gasteiger partial charge in [0.05, 0.1) is 22.2 Å². The summed E-state index contributed by atoms with van der Waals surface area (Å²) >= 11 is 7.85. The van der Waals surface area contributed by atoms with Gasteiger partial charge in [0.1, 0.15) is 17.4 Å². The van der Waals surface area contributed by atoms with Crippen molar-refractivity contribution in [2.24, 2.45) is 0 Å². The van der Waals surface area contributed by atoms with E-state index in [1.54, 1.807) is 37.6 Å². The van der Waals surface area contributed by atoms with Gasteiger partial charge in [0.25, 0.3) is 0 Å². The minimum atomic E-state index is -0.390. The number of benzene rings is 1. The van der Waals surface area contributed by atoms with E-state index in [4.69, 9.17) is 21.1 Å². The number of aromatic amines is 1. The monoisotopic (exact) mass is 534 g/mol. The number of anilines is 2. The summed E-state index contributed by atoms with van der Waals surface area (Å²) in [6.45, 7) is 3.62. The largest absolute Gasteiger partial charge is 0.491 e. The lowest BCUT2D eigenvalue weighted by Gasteiger charge is -2.11. The van der Waals surface area contributed by atoms with Crippen LogP contribution in [0.15, 0.2) is 61.1 Å². The molecule has 0 aliphatic carbocycles. The molecule has 0 bridgehead atoms. The van der Waals surface area contributed by atoms with Gasteiger partial charge in [0.15, 0.2) is 10.9 Å². The molecule has 0 aliphatic rings. The first-order valence-corrected chi connectivity index (χ1v) is 12.7. The van der Waals surface area contributed by atoms with E-state index in [1.165, 1.54) is 18.3 Å². The van der Waals surface area contributed by atoms with Crippen LogP contribution in [0.25, 0.3) is 22.2 Å². The highest BCUT2D eigenvalue weighted by molar-refractivity contribution is 7.15. The van der Waals surface area contributed by atoms with Gasteiger partial charge in [-0.15, -0.1) is 0 Å². The number of ether oxygens (including phenoxy) is 2. The lowest BCUT2D eigenvalue weighted by molar-refractivity contribution is -0.145. The van der Waals surface area contributed by atoms with Crippen molar-refractivity contribution < 1.29 is 14.3 Å². The van der Waals surface area contributed by atoms with Gasteiger partial charge in [-0.2, -0.15) is 5.10 Å². The SMILES string of the molecule is CC(=O)OC(C)c1cnc(Nc2n[nH]c3c(OCCc4ccccn4)cc(-c4ncccc4Cl)cc23)s1. The molecule has 0 saturated heterocycles. The first-order chi connectivity index (χ1) is 18.0. The van der Waals surface area contributed by atoms with Crippen LogP contribution in [0.2, 0.25) is 5.02 Å². The van der Waals surface area contributed by atoms with E-state index < -0.39 is 6.10 Å². The van der Waals surface area contributed by atoms with Gasteiger partial charge in [0.2, 0.25) is 0 Å². The van der Waals surface area contributed by atoms with E-state index in [-0.39, 0.29) is 5.97 Å². The second-order valence-electron chi connectivity index (χ2n) is 8.17. The van der Waals surface area contributed by atoms with Crippen molar-refractivity contribution in [2.45, 2.75) is 26.4 Å². The van der Waals surface area contributed by atoms with Crippen molar-refractivity contribution in [3.8, 4) is 17.0 Å². The van der Waals surface area contributed by atoms with Crippen molar-refractivity contribution in [1.29, 1.82) is 0 Å². The van der Waals surface area contributed by atoms with Crippen molar-refractivity contribution in [3.05, 3.63) is 76.6 Å². The smallest absolute Gasteiger partial charge is 0.303 e. The molecule has 4 heterocycles. The van der Waals surface area contributed by atoms with E-state index in [0.717, 1.165) is 27.0 Å². The van der Waals surface area contributed by atoms with Gasteiger partial charge in [-0.3, -0.25) is 19.9 Å². The topological polar surface area (TPSA) is 115 Å².